The average Bonchev–Trinajstić information content (AvgIpc) is 3.97. The minimum absolute atomic E-state index is 0.900. The number of nitrogens with zero attached hydrogens (tertiary/aromatic N) is 2. The summed E-state index contributed by atoms with van der Waals surface area (Å²) in [6.07, 6.45) is 0. The molecule has 13 rings (SSSR count). The molecule has 69 heavy (non-hydrogen) atoms. The van der Waals surface area contributed by atoms with Crippen molar-refractivity contribution in [1.82, 2.24) is 4.57 Å². The normalized spacial score (nSPS) is 11.5. The molecule has 0 unspecified atom stereocenters. The van der Waals surface area contributed by atoms with Crippen LogP contribution < -0.4 is 4.90 Å². The second-order valence-electron chi connectivity index (χ2n) is 17.7. The molecule has 11 aromatic carbocycles. The van der Waals surface area contributed by atoms with Crippen molar-refractivity contribution in [2.24, 2.45) is 0 Å². The Morgan fingerprint density at radius 1 is 0.275 bits per heavy atom. The fourth-order valence-corrected chi connectivity index (χ4v) is 10.3. The van der Waals surface area contributed by atoms with E-state index >= 15 is 0 Å². The molecule has 3 nitrogen and oxygen atoms in total. The number of furan rings is 1. The fraction of sp³-hybridized carbons (Fsp3) is 0. The Morgan fingerprint density at radius 2 is 0.710 bits per heavy atom. The highest BCUT2D eigenvalue weighted by Gasteiger charge is 2.21. The zero-order valence-corrected chi connectivity index (χ0v) is 37.7. The maximum Gasteiger partial charge on any atom is 0.136 e. The van der Waals surface area contributed by atoms with Crippen molar-refractivity contribution in [2.45, 2.75) is 0 Å². The van der Waals surface area contributed by atoms with Crippen LogP contribution in [0.4, 0.5) is 17.1 Å². The highest BCUT2D eigenvalue weighted by Crippen LogP contribution is 2.45. The summed E-state index contributed by atoms with van der Waals surface area (Å²) in [5, 5.41) is 4.81. The van der Waals surface area contributed by atoms with Crippen molar-refractivity contribution in [3.8, 4) is 61.3 Å². The molecule has 13 aromatic rings. The standard InChI is InChI=1S/C66H44N2O/c1-2-15-49(16-3-1)55-19-4-9-24-61(55)67(62-25-10-5-20-56(62)50-35-33-48(34-36-50)52-39-42-60-59-23-8-13-28-65(59)69-66(60)44-52)53-40-37-46(38-41-53)45-29-31-47(32-30-45)51-17-14-18-54(43-51)68-63-26-11-6-21-57(63)58-22-7-12-27-64(58)68/h1-44H. The van der Waals surface area contributed by atoms with Gasteiger partial charge in [-0.25, -0.2) is 0 Å². The van der Waals surface area contributed by atoms with Gasteiger partial charge in [0.1, 0.15) is 11.2 Å². The first-order valence-corrected chi connectivity index (χ1v) is 23.6. The van der Waals surface area contributed by atoms with E-state index < -0.39 is 0 Å². The number of hydrogen-bond donors (Lipinski definition) is 0. The second kappa shape index (κ2) is 16.9. The molecule has 0 aliphatic carbocycles. The van der Waals surface area contributed by atoms with Crippen molar-refractivity contribution >= 4 is 60.8 Å². The van der Waals surface area contributed by atoms with Crippen LogP contribution in [0.25, 0.3) is 105 Å². The Hall–Kier alpha value is -9.18. The molecule has 2 aromatic heterocycles. The maximum atomic E-state index is 6.26. The van der Waals surface area contributed by atoms with Gasteiger partial charge in [0.2, 0.25) is 0 Å². The number of benzene rings is 11. The van der Waals surface area contributed by atoms with Crippen LogP contribution >= 0.6 is 0 Å². The van der Waals surface area contributed by atoms with Crippen LogP contribution in [-0.2, 0) is 0 Å². The molecule has 0 aliphatic rings. The molecular weight excluding hydrogens is 837 g/mol. The minimum atomic E-state index is 0.900. The first-order valence-electron chi connectivity index (χ1n) is 23.6. The Labute approximate surface area is 401 Å². The van der Waals surface area contributed by atoms with E-state index in [4.69, 9.17) is 4.42 Å². The molecule has 324 valence electrons. The molecule has 0 fully saturated rings. The van der Waals surface area contributed by atoms with Gasteiger partial charge in [-0.2, -0.15) is 0 Å². The molecule has 0 saturated heterocycles. The predicted molar refractivity (Wildman–Crippen MR) is 290 cm³/mol. The minimum Gasteiger partial charge on any atom is -0.456 e. The molecule has 0 N–H and O–H groups in total. The van der Waals surface area contributed by atoms with Crippen molar-refractivity contribution in [3.63, 3.8) is 0 Å². The lowest BCUT2D eigenvalue weighted by molar-refractivity contribution is 0.669. The van der Waals surface area contributed by atoms with E-state index in [0.29, 0.717) is 0 Å². The number of fused-ring (bicyclic) bond motifs is 6. The number of para-hydroxylation sites is 5. The maximum absolute atomic E-state index is 6.26. The molecule has 0 spiro atoms. The van der Waals surface area contributed by atoms with E-state index in [2.05, 4.69) is 264 Å². The molecule has 0 aliphatic heterocycles. The molecule has 3 heteroatoms. The van der Waals surface area contributed by atoms with Crippen LogP contribution in [0.2, 0.25) is 0 Å². The van der Waals surface area contributed by atoms with E-state index in [9.17, 15) is 0 Å². The lowest BCUT2D eigenvalue weighted by atomic mass is 9.96. The third-order valence-electron chi connectivity index (χ3n) is 13.6. The predicted octanol–water partition coefficient (Wildman–Crippen LogP) is 18.5. The zero-order chi connectivity index (χ0) is 45.7. The summed E-state index contributed by atoms with van der Waals surface area (Å²) in [5.74, 6) is 0. The summed E-state index contributed by atoms with van der Waals surface area (Å²) in [5.41, 5.74) is 20.2. The van der Waals surface area contributed by atoms with Crippen LogP contribution in [0.5, 0.6) is 0 Å². The summed E-state index contributed by atoms with van der Waals surface area (Å²) in [6, 6.07) is 96.1. The zero-order valence-electron chi connectivity index (χ0n) is 37.7. The Balaban J connectivity index is 0.844. The quantitative estimate of drug-likeness (QED) is 0.144. The SMILES string of the molecule is c1ccc(-c2ccccc2N(c2ccc(-c3ccc(-c4cccc(-n5c6ccccc6c6ccccc65)c4)cc3)cc2)c2ccccc2-c2ccc(-c3ccc4c(c3)oc3ccccc34)cc2)cc1. The largest absolute Gasteiger partial charge is 0.456 e. The number of rotatable bonds is 9. The monoisotopic (exact) mass is 880 g/mol. The van der Waals surface area contributed by atoms with E-state index in [0.717, 1.165) is 78.1 Å². The lowest BCUT2D eigenvalue weighted by Gasteiger charge is -2.30. The van der Waals surface area contributed by atoms with Crippen LogP contribution in [-0.4, -0.2) is 4.57 Å². The summed E-state index contributed by atoms with van der Waals surface area (Å²) >= 11 is 0. The van der Waals surface area contributed by atoms with E-state index in [1.165, 1.54) is 44.1 Å². The van der Waals surface area contributed by atoms with Crippen LogP contribution in [0.3, 0.4) is 0 Å². The molecule has 0 bridgehead atoms. The Kier molecular flexibility index (Phi) is 9.84. The second-order valence-corrected chi connectivity index (χ2v) is 17.7. The van der Waals surface area contributed by atoms with E-state index in [1.54, 1.807) is 0 Å². The summed E-state index contributed by atoms with van der Waals surface area (Å²) < 4.78 is 8.64. The van der Waals surface area contributed by atoms with E-state index in [-0.39, 0.29) is 0 Å². The molecular formula is C66H44N2O. The lowest BCUT2D eigenvalue weighted by Crippen LogP contribution is -2.12. The van der Waals surface area contributed by atoms with Crippen LogP contribution in [0.15, 0.2) is 271 Å². The van der Waals surface area contributed by atoms with Crippen molar-refractivity contribution in [1.29, 1.82) is 0 Å². The topological polar surface area (TPSA) is 21.3 Å². The van der Waals surface area contributed by atoms with Crippen LogP contribution in [0, 0.1) is 0 Å². The number of aromatic nitrogens is 1. The van der Waals surface area contributed by atoms with Gasteiger partial charge in [0.05, 0.1) is 22.4 Å². The van der Waals surface area contributed by atoms with Gasteiger partial charge in [-0.15, -0.1) is 0 Å². The Bertz CT molecular complexity index is 3940. The van der Waals surface area contributed by atoms with Gasteiger partial charge in [0, 0.05) is 44.0 Å². The Morgan fingerprint density at radius 3 is 1.35 bits per heavy atom. The fourth-order valence-electron chi connectivity index (χ4n) is 10.3. The number of hydrogen-bond acceptors (Lipinski definition) is 2. The smallest absolute Gasteiger partial charge is 0.136 e. The first kappa shape index (κ1) is 40.1. The molecule has 0 amide bonds. The summed E-state index contributed by atoms with van der Waals surface area (Å²) in [4.78, 5) is 2.41. The van der Waals surface area contributed by atoms with Crippen molar-refractivity contribution < 1.29 is 4.42 Å². The average molecular weight is 881 g/mol. The van der Waals surface area contributed by atoms with Gasteiger partial charge >= 0.3 is 0 Å². The van der Waals surface area contributed by atoms with E-state index in [1.807, 2.05) is 12.1 Å². The third-order valence-corrected chi connectivity index (χ3v) is 13.6. The molecule has 0 atom stereocenters. The van der Waals surface area contributed by atoms with Crippen LogP contribution in [0.1, 0.15) is 0 Å². The van der Waals surface area contributed by atoms with Gasteiger partial charge < -0.3 is 13.9 Å². The van der Waals surface area contributed by atoms with Gasteiger partial charge in [-0.3, -0.25) is 0 Å². The molecule has 2 heterocycles. The third kappa shape index (κ3) is 7.16. The summed E-state index contributed by atoms with van der Waals surface area (Å²) in [7, 11) is 0. The molecule has 0 radical (unpaired) electrons. The first-order chi connectivity index (χ1) is 34.2. The number of anilines is 3. The summed E-state index contributed by atoms with van der Waals surface area (Å²) in [6.45, 7) is 0. The van der Waals surface area contributed by atoms with Gasteiger partial charge in [0.15, 0.2) is 0 Å². The van der Waals surface area contributed by atoms with Gasteiger partial charge in [-0.1, -0.05) is 200 Å². The molecule has 0 saturated carbocycles. The van der Waals surface area contributed by atoms with Gasteiger partial charge in [0.25, 0.3) is 0 Å². The highest BCUT2D eigenvalue weighted by atomic mass is 16.3. The van der Waals surface area contributed by atoms with Gasteiger partial charge in [-0.05, 0) is 111 Å². The van der Waals surface area contributed by atoms with Crippen molar-refractivity contribution in [2.75, 3.05) is 4.90 Å². The highest BCUT2D eigenvalue weighted by molar-refractivity contribution is 6.09. The van der Waals surface area contributed by atoms with Crippen molar-refractivity contribution in [3.05, 3.63) is 267 Å².